The Kier molecular flexibility index (Phi) is 4.87. The second kappa shape index (κ2) is 7.45. The molecule has 0 atom stereocenters. The molecule has 0 bridgehead atoms. The lowest BCUT2D eigenvalue weighted by Gasteiger charge is -2.20. The molecule has 10 nitrogen and oxygen atoms in total. The van der Waals surface area contributed by atoms with E-state index in [9.17, 15) is 4.79 Å². The van der Waals surface area contributed by atoms with Crippen LogP contribution in [-0.2, 0) is 4.74 Å². The second-order valence-corrected chi connectivity index (χ2v) is 6.78. The van der Waals surface area contributed by atoms with E-state index in [0.717, 1.165) is 51.9 Å². The van der Waals surface area contributed by atoms with E-state index in [1.165, 1.54) is 4.68 Å². The Morgan fingerprint density at radius 1 is 0.926 bits per heavy atom. The van der Waals surface area contributed by atoms with E-state index in [-0.39, 0.29) is 12.3 Å². The number of anilines is 2. The van der Waals surface area contributed by atoms with Gasteiger partial charge in [0.2, 0.25) is 11.9 Å². The van der Waals surface area contributed by atoms with Gasteiger partial charge in [-0.3, -0.25) is 0 Å². The molecule has 10 heteroatoms. The second-order valence-electron chi connectivity index (χ2n) is 6.78. The van der Waals surface area contributed by atoms with Crippen molar-refractivity contribution < 1.29 is 9.53 Å². The minimum absolute atomic E-state index is 0.183. The van der Waals surface area contributed by atoms with Crippen molar-refractivity contribution in [3.8, 4) is 5.95 Å². The molecule has 2 fully saturated rings. The Balaban J connectivity index is 1.74. The maximum Gasteiger partial charge on any atom is 0.360 e. The highest BCUT2D eigenvalue weighted by Gasteiger charge is 2.25. The molecule has 0 N–H and O–H groups in total. The summed E-state index contributed by atoms with van der Waals surface area (Å²) in [6.45, 7) is 7.56. The molecule has 144 valence electrons. The Bertz CT molecular complexity index is 790. The highest BCUT2D eigenvalue weighted by molar-refractivity contribution is 5.88. The van der Waals surface area contributed by atoms with Crippen LogP contribution in [0.3, 0.4) is 0 Å². The number of aromatic nitrogens is 6. The minimum Gasteiger partial charge on any atom is -0.461 e. The van der Waals surface area contributed by atoms with Gasteiger partial charge in [0.05, 0.1) is 12.3 Å². The lowest BCUT2D eigenvalue weighted by atomic mass is 10.3. The van der Waals surface area contributed by atoms with Crippen molar-refractivity contribution in [3.05, 3.63) is 11.4 Å². The van der Waals surface area contributed by atoms with Crippen LogP contribution in [0.5, 0.6) is 0 Å². The molecule has 0 spiro atoms. The average molecular weight is 372 g/mol. The number of esters is 1. The van der Waals surface area contributed by atoms with E-state index in [4.69, 9.17) is 9.72 Å². The lowest BCUT2D eigenvalue weighted by Crippen LogP contribution is -2.26. The van der Waals surface area contributed by atoms with Crippen molar-refractivity contribution >= 4 is 17.9 Å². The van der Waals surface area contributed by atoms with Crippen LogP contribution in [0.1, 0.15) is 48.8 Å². The molecule has 0 amide bonds. The van der Waals surface area contributed by atoms with Crippen molar-refractivity contribution in [3.63, 3.8) is 0 Å². The summed E-state index contributed by atoms with van der Waals surface area (Å²) in [5, 5.41) is 8.08. The van der Waals surface area contributed by atoms with Gasteiger partial charge in [0.1, 0.15) is 0 Å². The summed E-state index contributed by atoms with van der Waals surface area (Å²) in [5.74, 6) is 1.21. The van der Waals surface area contributed by atoms with Crippen LogP contribution in [0, 0.1) is 6.92 Å². The molecule has 2 aromatic rings. The number of rotatable bonds is 5. The van der Waals surface area contributed by atoms with Gasteiger partial charge in [-0.15, -0.1) is 5.10 Å². The molecular weight excluding hydrogens is 348 g/mol. The number of carbonyl (C=O) groups excluding carboxylic acids is 1. The molecule has 0 aromatic carbocycles. The maximum atomic E-state index is 12.1. The summed E-state index contributed by atoms with van der Waals surface area (Å²) in [5.41, 5.74) is 0.738. The highest BCUT2D eigenvalue weighted by Crippen LogP contribution is 2.23. The van der Waals surface area contributed by atoms with Crippen LogP contribution in [0.15, 0.2) is 0 Å². The summed E-state index contributed by atoms with van der Waals surface area (Å²) in [7, 11) is 0. The molecule has 2 aromatic heterocycles. The largest absolute Gasteiger partial charge is 0.461 e. The van der Waals surface area contributed by atoms with Crippen LogP contribution in [0.2, 0.25) is 0 Å². The number of ether oxygens (including phenoxy) is 1. The quantitative estimate of drug-likeness (QED) is 0.715. The first-order valence-corrected chi connectivity index (χ1v) is 9.53. The van der Waals surface area contributed by atoms with Gasteiger partial charge in [-0.25, -0.2) is 4.79 Å². The topological polar surface area (TPSA) is 102 Å². The first kappa shape index (κ1) is 17.6. The fourth-order valence-corrected chi connectivity index (χ4v) is 3.46. The van der Waals surface area contributed by atoms with Crippen molar-refractivity contribution in [1.29, 1.82) is 0 Å². The Morgan fingerprint density at radius 3 is 1.96 bits per heavy atom. The summed E-state index contributed by atoms with van der Waals surface area (Å²) in [6.07, 6.45) is 4.54. The predicted octanol–water partition coefficient (Wildman–Crippen LogP) is 1.14. The van der Waals surface area contributed by atoms with E-state index in [2.05, 4.69) is 30.1 Å². The van der Waals surface area contributed by atoms with Gasteiger partial charge < -0.3 is 14.5 Å². The van der Waals surface area contributed by atoms with E-state index in [1.807, 2.05) is 0 Å². The molecule has 2 aliphatic heterocycles. The Morgan fingerprint density at radius 2 is 1.44 bits per heavy atom. The maximum absolute atomic E-state index is 12.1. The summed E-state index contributed by atoms with van der Waals surface area (Å²) >= 11 is 0. The first-order valence-electron chi connectivity index (χ1n) is 9.53. The molecule has 0 unspecified atom stereocenters. The van der Waals surface area contributed by atoms with Crippen LogP contribution in [-0.4, -0.2) is 68.7 Å². The lowest BCUT2D eigenvalue weighted by molar-refractivity contribution is 0.0518. The number of nitrogens with zero attached hydrogens (tertiary/aromatic N) is 8. The zero-order valence-corrected chi connectivity index (χ0v) is 15.8. The standard InChI is InChI=1S/C17H24N8O2/c1-3-27-14(26)13-12(2)25(22-21-13)17-19-15(23-8-4-5-9-23)18-16(20-17)24-10-6-7-11-24/h3-11H2,1-2H3. The zero-order valence-electron chi connectivity index (χ0n) is 15.8. The van der Waals surface area contributed by atoms with Crippen LogP contribution in [0.4, 0.5) is 11.9 Å². The van der Waals surface area contributed by atoms with Crippen LogP contribution < -0.4 is 9.80 Å². The minimum atomic E-state index is -0.491. The van der Waals surface area contributed by atoms with Gasteiger partial charge in [-0.2, -0.15) is 19.6 Å². The third-order valence-electron chi connectivity index (χ3n) is 4.93. The van der Waals surface area contributed by atoms with Crippen molar-refractivity contribution in [2.45, 2.75) is 39.5 Å². The number of hydrogen-bond acceptors (Lipinski definition) is 9. The molecular formula is C17H24N8O2. The smallest absolute Gasteiger partial charge is 0.360 e. The fourth-order valence-electron chi connectivity index (χ4n) is 3.46. The van der Waals surface area contributed by atoms with Gasteiger partial charge in [-0.1, -0.05) is 5.21 Å². The van der Waals surface area contributed by atoms with E-state index >= 15 is 0 Å². The number of carbonyl (C=O) groups is 1. The molecule has 27 heavy (non-hydrogen) atoms. The van der Waals surface area contributed by atoms with Crippen molar-refractivity contribution in [2.24, 2.45) is 0 Å². The monoisotopic (exact) mass is 372 g/mol. The van der Waals surface area contributed by atoms with Gasteiger partial charge >= 0.3 is 5.97 Å². The third kappa shape index (κ3) is 3.43. The average Bonchev–Trinajstić information content (AvgIpc) is 3.43. The van der Waals surface area contributed by atoms with Crippen molar-refractivity contribution in [1.82, 2.24) is 29.9 Å². The van der Waals surface area contributed by atoms with Crippen LogP contribution >= 0.6 is 0 Å². The van der Waals surface area contributed by atoms with E-state index in [0.29, 0.717) is 23.5 Å². The SMILES string of the molecule is CCOC(=O)c1nnn(-c2nc(N3CCCC3)nc(N3CCCC3)n2)c1C. The van der Waals surface area contributed by atoms with E-state index in [1.54, 1.807) is 13.8 Å². The number of hydrogen-bond donors (Lipinski definition) is 0. The summed E-state index contributed by atoms with van der Waals surface area (Å²) in [4.78, 5) is 30.3. The third-order valence-corrected chi connectivity index (χ3v) is 4.93. The van der Waals surface area contributed by atoms with Gasteiger partial charge in [0.25, 0.3) is 5.95 Å². The molecule has 4 heterocycles. The Labute approximate surface area is 157 Å². The first-order chi connectivity index (χ1) is 13.2. The van der Waals surface area contributed by atoms with Gasteiger partial charge in [0.15, 0.2) is 5.69 Å². The summed E-state index contributed by atoms with van der Waals surface area (Å²) in [6, 6.07) is 0. The highest BCUT2D eigenvalue weighted by atomic mass is 16.5. The molecule has 0 aliphatic carbocycles. The summed E-state index contributed by atoms with van der Waals surface area (Å²) < 4.78 is 6.54. The molecule has 2 saturated heterocycles. The molecule has 0 saturated carbocycles. The van der Waals surface area contributed by atoms with E-state index < -0.39 is 5.97 Å². The molecule has 0 radical (unpaired) electrons. The van der Waals surface area contributed by atoms with Crippen molar-refractivity contribution in [2.75, 3.05) is 42.6 Å². The van der Waals surface area contributed by atoms with Gasteiger partial charge in [0, 0.05) is 26.2 Å². The normalized spacial score (nSPS) is 17.0. The predicted molar refractivity (Wildman–Crippen MR) is 98.3 cm³/mol. The van der Waals surface area contributed by atoms with Gasteiger partial charge in [-0.05, 0) is 39.5 Å². The zero-order chi connectivity index (χ0) is 18.8. The molecule has 2 aliphatic rings. The Hall–Kier alpha value is -2.78. The fraction of sp³-hybridized carbons (Fsp3) is 0.647. The molecule has 4 rings (SSSR count). The van der Waals surface area contributed by atoms with Crippen LogP contribution in [0.25, 0.3) is 5.95 Å².